The number of hydrogen-bond acceptors (Lipinski definition) is 4. The first-order valence-corrected chi connectivity index (χ1v) is 16.6. The van der Waals surface area contributed by atoms with Gasteiger partial charge in [-0.15, -0.1) is 0 Å². The van der Waals surface area contributed by atoms with Crippen LogP contribution in [0.2, 0.25) is 0 Å². The highest BCUT2D eigenvalue weighted by molar-refractivity contribution is 6.14. The van der Waals surface area contributed by atoms with Crippen LogP contribution in [0.25, 0.3) is 77.2 Å². The van der Waals surface area contributed by atoms with Crippen molar-refractivity contribution >= 4 is 21.5 Å². The lowest BCUT2D eigenvalue weighted by Crippen LogP contribution is -1.94. The van der Waals surface area contributed by atoms with E-state index in [9.17, 15) is 20.4 Å². The van der Waals surface area contributed by atoms with E-state index in [0.29, 0.717) is 44.5 Å². The quantitative estimate of drug-likeness (QED) is 0.149. The Balaban J connectivity index is 1.45. The number of rotatable bonds is 5. The lowest BCUT2D eigenvalue weighted by Gasteiger charge is -2.21. The number of phenolic OH excluding ortho intramolecular Hbond substituents is 4. The summed E-state index contributed by atoms with van der Waals surface area (Å²) in [6, 6.07) is 46.2. The van der Waals surface area contributed by atoms with Crippen molar-refractivity contribution in [3.05, 3.63) is 157 Å². The number of hydrogen-bond donors (Lipinski definition) is 4. The maximum Gasteiger partial charge on any atom is 0.132 e. The second-order valence-electron chi connectivity index (χ2n) is 12.9. The molecule has 0 unspecified atom stereocenters. The third-order valence-electron chi connectivity index (χ3n) is 9.55. The summed E-state index contributed by atoms with van der Waals surface area (Å²) < 4.78 is 0. The van der Waals surface area contributed by atoms with Gasteiger partial charge >= 0.3 is 0 Å². The SMILES string of the molecule is Cc1cc(-c2ccccc2)c(O)c(-c2cc3ccccc3c(-c3c(O)c(-c4cc(C)cc(-c5ccccc5)c4O)cc4ccccc34)c2O)c1. The molecule has 4 N–H and O–H groups in total. The largest absolute Gasteiger partial charge is 0.507 e. The van der Waals surface area contributed by atoms with E-state index in [1.807, 2.05) is 159 Å². The van der Waals surface area contributed by atoms with Gasteiger partial charge in [0.25, 0.3) is 0 Å². The fourth-order valence-corrected chi connectivity index (χ4v) is 7.23. The molecular weight excluding hydrogens is 617 g/mol. The van der Waals surface area contributed by atoms with Gasteiger partial charge in [0.1, 0.15) is 23.0 Å². The summed E-state index contributed by atoms with van der Waals surface area (Å²) >= 11 is 0. The van der Waals surface area contributed by atoms with E-state index in [2.05, 4.69) is 0 Å². The third-order valence-corrected chi connectivity index (χ3v) is 9.55. The summed E-state index contributed by atoms with van der Waals surface area (Å²) in [5.74, 6) is -0.0297. The molecule has 0 fully saturated rings. The highest BCUT2D eigenvalue weighted by Crippen LogP contribution is 2.54. The molecule has 0 spiro atoms. The van der Waals surface area contributed by atoms with Crippen LogP contribution in [0, 0.1) is 13.8 Å². The summed E-state index contributed by atoms with van der Waals surface area (Å²) in [6.45, 7) is 3.93. The molecule has 0 aliphatic heterocycles. The maximum atomic E-state index is 12.4. The van der Waals surface area contributed by atoms with Crippen molar-refractivity contribution in [1.82, 2.24) is 0 Å². The molecule has 0 aliphatic carbocycles. The lowest BCUT2D eigenvalue weighted by atomic mass is 9.85. The van der Waals surface area contributed by atoms with Gasteiger partial charge in [0.05, 0.1) is 0 Å². The van der Waals surface area contributed by atoms with Crippen molar-refractivity contribution < 1.29 is 20.4 Å². The standard InChI is InChI=1S/C46H34O4/c1-27-21-35(29-13-5-3-6-14-29)43(47)37(23-27)39-25-31-17-9-11-19-33(31)41(45(39)49)42-34-20-12-10-18-32(34)26-40(46(42)50)38-24-28(2)22-36(44(38)48)30-15-7-4-8-16-30/h3-26,47-50H,1-2H3. The van der Waals surface area contributed by atoms with Crippen molar-refractivity contribution in [3.63, 3.8) is 0 Å². The number of fused-ring (bicyclic) bond motifs is 2. The van der Waals surface area contributed by atoms with Gasteiger partial charge in [0.15, 0.2) is 0 Å². The topological polar surface area (TPSA) is 80.9 Å². The smallest absolute Gasteiger partial charge is 0.132 e. The average molecular weight is 651 g/mol. The Morgan fingerprint density at radius 1 is 0.320 bits per heavy atom. The number of aryl methyl sites for hydroxylation is 2. The van der Waals surface area contributed by atoms with Crippen molar-refractivity contribution in [2.24, 2.45) is 0 Å². The Kier molecular flexibility index (Phi) is 7.50. The highest BCUT2D eigenvalue weighted by Gasteiger charge is 2.26. The summed E-state index contributed by atoms with van der Waals surface area (Å²) in [6.07, 6.45) is 0. The number of phenols is 4. The van der Waals surface area contributed by atoms with Crippen LogP contribution in [-0.2, 0) is 0 Å². The average Bonchev–Trinajstić information content (AvgIpc) is 3.14. The summed E-state index contributed by atoms with van der Waals surface area (Å²) in [4.78, 5) is 0. The first kappa shape index (κ1) is 30.8. The molecule has 0 aromatic heterocycles. The minimum Gasteiger partial charge on any atom is -0.507 e. The predicted octanol–water partition coefficient (Wildman–Crippen LogP) is 11.8. The van der Waals surface area contributed by atoms with Gasteiger partial charge in [-0.1, -0.05) is 109 Å². The first-order valence-electron chi connectivity index (χ1n) is 16.6. The molecular formula is C46H34O4. The van der Waals surface area contributed by atoms with Gasteiger partial charge < -0.3 is 20.4 Å². The molecule has 0 bridgehead atoms. The van der Waals surface area contributed by atoms with Gasteiger partial charge in [-0.3, -0.25) is 0 Å². The maximum absolute atomic E-state index is 12.4. The Bertz CT molecular complexity index is 2410. The van der Waals surface area contributed by atoms with E-state index >= 15 is 0 Å². The Labute approximate surface area is 290 Å². The molecule has 0 amide bonds. The molecule has 0 atom stereocenters. The minimum absolute atomic E-state index is 0.0549. The Hall–Kier alpha value is -6.52. The van der Waals surface area contributed by atoms with Crippen LogP contribution in [0.15, 0.2) is 146 Å². The van der Waals surface area contributed by atoms with Crippen molar-refractivity contribution in [2.45, 2.75) is 13.8 Å². The fourth-order valence-electron chi connectivity index (χ4n) is 7.23. The lowest BCUT2D eigenvalue weighted by molar-refractivity contribution is 0.467. The van der Waals surface area contributed by atoms with Crippen molar-refractivity contribution in [2.75, 3.05) is 0 Å². The van der Waals surface area contributed by atoms with Crippen LogP contribution in [0.5, 0.6) is 23.0 Å². The summed E-state index contributed by atoms with van der Waals surface area (Å²) in [5.41, 5.74) is 7.61. The zero-order chi connectivity index (χ0) is 34.5. The second kappa shape index (κ2) is 12.2. The number of aromatic hydroxyl groups is 4. The summed E-state index contributed by atoms with van der Waals surface area (Å²) in [7, 11) is 0. The number of benzene rings is 8. The second-order valence-corrected chi connectivity index (χ2v) is 12.9. The molecule has 4 heteroatoms. The van der Waals surface area contributed by atoms with Gasteiger partial charge in [0.2, 0.25) is 0 Å². The Morgan fingerprint density at radius 3 is 1.04 bits per heavy atom. The van der Waals surface area contributed by atoms with Crippen LogP contribution >= 0.6 is 0 Å². The molecule has 0 heterocycles. The van der Waals surface area contributed by atoms with Crippen LogP contribution in [-0.4, -0.2) is 20.4 Å². The van der Waals surface area contributed by atoms with Gasteiger partial charge in [0, 0.05) is 44.5 Å². The molecule has 8 rings (SSSR count). The first-order chi connectivity index (χ1) is 24.3. The zero-order valence-electron chi connectivity index (χ0n) is 27.6. The van der Waals surface area contributed by atoms with E-state index in [-0.39, 0.29) is 23.0 Å². The van der Waals surface area contributed by atoms with Crippen molar-refractivity contribution in [3.8, 4) is 78.6 Å². The zero-order valence-corrected chi connectivity index (χ0v) is 27.6. The fraction of sp³-hybridized carbons (Fsp3) is 0.0435. The van der Waals surface area contributed by atoms with Crippen LogP contribution in [0.3, 0.4) is 0 Å². The van der Waals surface area contributed by atoms with Crippen molar-refractivity contribution in [1.29, 1.82) is 0 Å². The molecule has 8 aromatic rings. The molecule has 242 valence electrons. The van der Waals surface area contributed by atoms with Gasteiger partial charge in [-0.05, 0) is 94.0 Å². The minimum atomic E-state index is -0.0698. The van der Waals surface area contributed by atoms with Gasteiger partial charge in [-0.2, -0.15) is 0 Å². The normalized spacial score (nSPS) is 11.3. The molecule has 0 radical (unpaired) electrons. The molecule has 4 nitrogen and oxygen atoms in total. The van der Waals surface area contributed by atoms with E-state index in [4.69, 9.17) is 0 Å². The van der Waals surface area contributed by atoms with Crippen LogP contribution < -0.4 is 0 Å². The molecule has 0 saturated heterocycles. The van der Waals surface area contributed by atoms with E-state index in [0.717, 1.165) is 43.8 Å². The predicted molar refractivity (Wildman–Crippen MR) is 205 cm³/mol. The third kappa shape index (κ3) is 5.10. The molecule has 0 saturated carbocycles. The van der Waals surface area contributed by atoms with Gasteiger partial charge in [-0.25, -0.2) is 0 Å². The highest BCUT2D eigenvalue weighted by atomic mass is 16.3. The van der Waals surface area contributed by atoms with Crippen LogP contribution in [0.4, 0.5) is 0 Å². The monoisotopic (exact) mass is 650 g/mol. The molecule has 0 aliphatic rings. The van der Waals surface area contributed by atoms with Crippen LogP contribution in [0.1, 0.15) is 11.1 Å². The van der Waals surface area contributed by atoms with E-state index < -0.39 is 0 Å². The Morgan fingerprint density at radius 2 is 0.640 bits per heavy atom. The molecule has 8 aromatic carbocycles. The van der Waals surface area contributed by atoms with E-state index in [1.54, 1.807) is 0 Å². The molecule has 50 heavy (non-hydrogen) atoms. The summed E-state index contributed by atoms with van der Waals surface area (Å²) in [5, 5.41) is 51.6. The van der Waals surface area contributed by atoms with E-state index in [1.165, 1.54) is 0 Å².